The van der Waals surface area contributed by atoms with E-state index < -0.39 is 27.9 Å². The van der Waals surface area contributed by atoms with E-state index in [9.17, 15) is 26.4 Å². The number of amides is 1. The second-order valence-electron chi connectivity index (χ2n) is 6.07. The van der Waals surface area contributed by atoms with Crippen molar-refractivity contribution in [3.05, 3.63) is 53.6 Å². The number of hydrogen-bond acceptors (Lipinski definition) is 3. The molecule has 0 atom stereocenters. The molecule has 0 aromatic heterocycles. The third-order valence-electron chi connectivity index (χ3n) is 4.28. The Bertz CT molecular complexity index is 989. The van der Waals surface area contributed by atoms with Crippen molar-refractivity contribution < 1.29 is 26.4 Å². The van der Waals surface area contributed by atoms with E-state index in [1.807, 2.05) is 0 Å². The molecule has 1 aliphatic rings. The number of nitrogens with one attached hydrogen (secondary N) is 1. The molecule has 0 saturated heterocycles. The highest BCUT2D eigenvalue weighted by atomic mass is 32.2. The molecule has 144 valence electrons. The van der Waals surface area contributed by atoms with Crippen LogP contribution in [0.15, 0.2) is 42.5 Å². The van der Waals surface area contributed by atoms with Crippen molar-refractivity contribution in [3.63, 3.8) is 0 Å². The minimum atomic E-state index is -4.43. The fraction of sp³-hybridized carbons (Fsp3) is 0.235. The summed E-state index contributed by atoms with van der Waals surface area (Å²) >= 11 is 0. The van der Waals surface area contributed by atoms with E-state index >= 15 is 0 Å². The zero-order valence-corrected chi connectivity index (χ0v) is 15.2. The van der Waals surface area contributed by atoms with Crippen LogP contribution in [0.25, 0.3) is 0 Å². The lowest BCUT2D eigenvalue weighted by Crippen LogP contribution is -2.32. The third-order valence-corrected chi connectivity index (χ3v) is 6.05. The van der Waals surface area contributed by atoms with Crippen molar-refractivity contribution in [1.29, 1.82) is 0 Å². The standard InChI is InChI=1S/C17H16F3N3O3S/c1-22-14-8-7-13(10-15(14)23(2)27(22,25)26)21-16(24)9-11-3-5-12(6-4-11)17(18,19)20/h3-8,10H,9H2,1-2H3,(H,21,24). The van der Waals surface area contributed by atoms with E-state index in [1.54, 1.807) is 12.1 Å². The summed E-state index contributed by atoms with van der Waals surface area (Å²) in [4.78, 5) is 12.2. The summed E-state index contributed by atoms with van der Waals surface area (Å²) in [6.45, 7) is 0. The Morgan fingerprint density at radius 2 is 1.59 bits per heavy atom. The molecular weight excluding hydrogens is 383 g/mol. The summed E-state index contributed by atoms with van der Waals surface area (Å²) in [6, 6.07) is 9.02. The largest absolute Gasteiger partial charge is 0.416 e. The molecule has 3 rings (SSSR count). The van der Waals surface area contributed by atoms with Crippen LogP contribution in [-0.2, 0) is 27.6 Å². The minimum Gasteiger partial charge on any atom is -0.326 e. The Balaban J connectivity index is 1.72. The molecule has 0 aliphatic carbocycles. The van der Waals surface area contributed by atoms with Gasteiger partial charge in [-0.05, 0) is 35.9 Å². The predicted molar refractivity (Wildman–Crippen MR) is 95.9 cm³/mol. The molecule has 2 aromatic carbocycles. The molecule has 1 N–H and O–H groups in total. The molecule has 1 heterocycles. The van der Waals surface area contributed by atoms with E-state index in [-0.39, 0.29) is 6.42 Å². The number of anilines is 3. The van der Waals surface area contributed by atoms with Gasteiger partial charge >= 0.3 is 16.4 Å². The van der Waals surface area contributed by atoms with Gasteiger partial charge < -0.3 is 5.32 Å². The summed E-state index contributed by atoms with van der Waals surface area (Å²) in [5.74, 6) is -0.424. The maximum Gasteiger partial charge on any atom is 0.416 e. The average molecular weight is 399 g/mol. The maximum atomic E-state index is 12.6. The van der Waals surface area contributed by atoms with Crippen molar-refractivity contribution in [1.82, 2.24) is 0 Å². The molecule has 0 spiro atoms. The maximum absolute atomic E-state index is 12.6. The first-order valence-electron chi connectivity index (χ1n) is 7.83. The molecular formula is C17H16F3N3O3S. The Hall–Kier alpha value is -2.75. The predicted octanol–water partition coefficient (Wildman–Crippen LogP) is 3.02. The number of carbonyl (C=O) groups is 1. The normalized spacial score (nSPS) is 15.6. The fourth-order valence-corrected chi connectivity index (χ4v) is 3.92. The molecule has 1 aliphatic heterocycles. The van der Waals surface area contributed by atoms with Gasteiger partial charge in [0.2, 0.25) is 5.91 Å². The van der Waals surface area contributed by atoms with Crippen molar-refractivity contribution >= 4 is 33.2 Å². The Morgan fingerprint density at radius 1 is 1.00 bits per heavy atom. The molecule has 0 bridgehead atoms. The van der Waals surface area contributed by atoms with Gasteiger partial charge in [-0.1, -0.05) is 12.1 Å². The topological polar surface area (TPSA) is 69.7 Å². The first-order chi connectivity index (χ1) is 12.5. The Labute approximate surface area is 154 Å². The molecule has 0 fully saturated rings. The zero-order chi connectivity index (χ0) is 20.0. The monoisotopic (exact) mass is 399 g/mol. The highest BCUT2D eigenvalue weighted by Gasteiger charge is 2.35. The summed E-state index contributed by atoms with van der Waals surface area (Å²) in [5.41, 5.74) is 0.950. The van der Waals surface area contributed by atoms with Crippen LogP contribution in [0.3, 0.4) is 0 Å². The lowest BCUT2D eigenvalue weighted by molar-refractivity contribution is -0.137. The number of nitrogens with zero attached hydrogens (tertiary/aromatic N) is 2. The van der Waals surface area contributed by atoms with Crippen LogP contribution >= 0.6 is 0 Å². The smallest absolute Gasteiger partial charge is 0.326 e. The van der Waals surface area contributed by atoms with Gasteiger partial charge in [-0.3, -0.25) is 13.4 Å². The number of benzene rings is 2. The first kappa shape index (κ1) is 19.0. The van der Waals surface area contributed by atoms with Gasteiger partial charge in [0.1, 0.15) is 0 Å². The van der Waals surface area contributed by atoms with Gasteiger partial charge in [0.15, 0.2) is 0 Å². The minimum absolute atomic E-state index is 0.108. The van der Waals surface area contributed by atoms with Gasteiger partial charge in [0, 0.05) is 19.8 Å². The van der Waals surface area contributed by atoms with E-state index in [0.29, 0.717) is 22.6 Å². The fourth-order valence-electron chi connectivity index (χ4n) is 2.75. The lowest BCUT2D eigenvalue weighted by Gasteiger charge is -2.13. The number of rotatable bonds is 3. The van der Waals surface area contributed by atoms with Crippen LogP contribution in [0.5, 0.6) is 0 Å². The third kappa shape index (κ3) is 3.57. The summed E-state index contributed by atoms with van der Waals surface area (Å²) in [5, 5.41) is 2.63. The zero-order valence-electron chi connectivity index (χ0n) is 14.4. The van der Waals surface area contributed by atoms with Crippen LogP contribution in [0.2, 0.25) is 0 Å². The number of fused-ring (bicyclic) bond motifs is 1. The van der Waals surface area contributed by atoms with Crippen molar-refractivity contribution in [2.45, 2.75) is 12.6 Å². The summed E-state index contributed by atoms with van der Waals surface area (Å²) in [6.07, 6.45) is -4.53. The highest BCUT2D eigenvalue weighted by molar-refractivity contribution is 7.94. The molecule has 2 aromatic rings. The van der Waals surface area contributed by atoms with Crippen LogP contribution in [0.4, 0.5) is 30.2 Å². The van der Waals surface area contributed by atoms with Crippen molar-refractivity contribution in [3.8, 4) is 0 Å². The van der Waals surface area contributed by atoms with E-state index in [1.165, 1.54) is 32.3 Å². The van der Waals surface area contributed by atoms with Crippen LogP contribution in [-0.4, -0.2) is 28.4 Å². The van der Waals surface area contributed by atoms with Crippen LogP contribution in [0, 0.1) is 0 Å². The van der Waals surface area contributed by atoms with E-state index in [4.69, 9.17) is 0 Å². The van der Waals surface area contributed by atoms with Gasteiger partial charge in [0.25, 0.3) is 0 Å². The van der Waals surface area contributed by atoms with Gasteiger partial charge in [-0.15, -0.1) is 0 Å². The number of halogens is 3. The van der Waals surface area contributed by atoms with Gasteiger partial charge in [-0.2, -0.15) is 21.6 Å². The Morgan fingerprint density at radius 3 is 2.19 bits per heavy atom. The van der Waals surface area contributed by atoms with Crippen molar-refractivity contribution in [2.24, 2.45) is 0 Å². The second kappa shape index (κ2) is 6.45. The molecule has 0 radical (unpaired) electrons. The first-order valence-corrected chi connectivity index (χ1v) is 9.22. The molecule has 10 heteroatoms. The summed E-state index contributed by atoms with van der Waals surface area (Å²) in [7, 11) is -0.771. The molecule has 1 amide bonds. The average Bonchev–Trinajstić information content (AvgIpc) is 2.75. The number of carbonyl (C=O) groups excluding carboxylic acids is 1. The molecule has 0 saturated carbocycles. The van der Waals surface area contributed by atoms with Crippen LogP contribution in [0.1, 0.15) is 11.1 Å². The highest BCUT2D eigenvalue weighted by Crippen LogP contribution is 2.40. The number of alkyl halides is 3. The second-order valence-corrected chi connectivity index (χ2v) is 8.06. The van der Waals surface area contributed by atoms with Gasteiger partial charge in [-0.25, -0.2) is 0 Å². The van der Waals surface area contributed by atoms with Gasteiger partial charge in [0.05, 0.1) is 23.4 Å². The van der Waals surface area contributed by atoms with E-state index in [0.717, 1.165) is 20.7 Å². The lowest BCUT2D eigenvalue weighted by atomic mass is 10.1. The molecule has 0 unspecified atom stereocenters. The van der Waals surface area contributed by atoms with Crippen LogP contribution < -0.4 is 13.9 Å². The SMILES string of the molecule is CN1c2ccc(NC(=O)Cc3ccc(C(F)(F)F)cc3)cc2N(C)S1(=O)=O. The van der Waals surface area contributed by atoms with Crippen molar-refractivity contribution in [2.75, 3.05) is 28.0 Å². The molecule has 27 heavy (non-hydrogen) atoms. The molecule has 6 nitrogen and oxygen atoms in total. The van der Waals surface area contributed by atoms with E-state index in [2.05, 4.69) is 5.32 Å². The number of hydrogen-bond donors (Lipinski definition) is 1. The Kier molecular flexibility index (Phi) is 4.54. The summed E-state index contributed by atoms with van der Waals surface area (Å²) < 4.78 is 64.1. The quantitative estimate of drug-likeness (QED) is 0.863.